The zero-order chi connectivity index (χ0) is 41.2. The van der Waals surface area contributed by atoms with E-state index in [1.54, 1.807) is 24.3 Å². The first-order valence-electron chi connectivity index (χ1n) is 23.4. The molecule has 59 heavy (non-hydrogen) atoms. The lowest BCUT2D eigenvalue weighted by Crippen LogP contribution is -2.24. The van der Waals surface area contributed by atoms with Crippen LogP contribution in [-0.4, -0.2) is 31.2 Å². The summed E-state index contributed by atoms with van der Waals surface area (Å²) in [5.74, 6) is 2.24. The summed E-state index contributed by atoms with van der Waals surface area (Å²) in [6.45, 7) is 7.89. The molecule has 0 aromatic heterocycles. The van der Waals surface area contributed by atoms with Gasteiger partial charge in [0.1, 0.15) is 34.7 Å². The van der Waals surface area contributed by atoms with Gasteiger partial charge < -0.3 is 30.4 Å². The Labute approximate surface area is 373 Å². The first-order chi connectivity index (χ1) is 27.9. The van der Waals surface area contributed by atoms with Crippen molar-refractivity contribution < 1.29 is 18.9 Å². The quantitative estimate of drug-likeness (QED) is 0.0229. The number of nitrogens with one attached hydrogen (secondary N) is 2. The molecule has 0 heterocycles. The van der Waals surface area contributed by atoms with Crippen LogP contribution >= 0.6 is 24.8 Å². The van der Waals surface area contributed by atoms with Crippen molar-refractivity contribution in [1.82, 2.24) is 0 Å². The Kier molecular flexibility index (Phi) is 36.3. The summed E-state index contributed by atoms with van der Waals surface area (Å²) >= 11 is 0. The molecule has 0 saturated carbocycles. The molecule has 2 aromatic carbocycles. The summed E-state index contributed by atoms with van der Waals surface area (Å²) in [4.78, 5) is 0. The molecule has 0 unspecified atom stereocenters. The summed E-state index contributed by atoms with van der Waals surface area (Å²) in [5, 5.41) is 16.2. The molecule has 0 fully saturated rings. The van der Waals surface area contributed by atoms with E-state index >= 15 is 0 Å². The maximum Gasteiger partial charge on any atom is 0.241 e. The maximum atomic E-state index is 8.12. The topological polar surface area (TPSA) is 137 Å². The number of rotatable bonds is 39. The fourth-order valence-corrected chi connectivity index (χ4v) is 7.19. The van der Waals surface area contributed by atoms with Crippen LogP contribution < -0.4 is 30.4 Å². The zero-order valence-corrected chi connectivity index (χ0v) is 39.2. The van der Waals surface area contributed by atoms with Crippen molar-refractivity contribution in [2.24, 2.45) is 11.5 Å². The van der Waals surface area contributed by atoms with E-state index in [0.29, 0.717) is 53.8 Å². The van der Waals surface area contributed by atoms with Crippen LogP contribution in [0.15, 0.2) is 36.4 Å². The van der Waals surface area contributed by atoms with Crippen LogP contribution in [0.25, 0.3) is 0 Å². The summed E-state index contributed by atoms with van der Waals surface area (Å²) in [5.41, 5.74) is 13.0. The van der Waals surface area contributed by atoms with Gasteiger partial charge >= 0.3 is 0 Å². The minimum absolute atomic E-state index is 0. The van der Waals surface area contributed by atoms with Gasteiger partial charge in [-0.05, 0) is 43.5 Å². The Bertz CT molecular complexity index is 1240. The zero-order valence-electron chi connectivity index (χ0n) is 37.6. The molecule has 0 aliphatic heterocycles. The highest BCUT2D eigenvalue weighted by Crippen LogP contribution is 2.29. The van der Waals surface area contributed by atoms with Crippen LogP contribution in [0.5, 0.6) is 23.0 Å². The lowest BCUT2D eigenvalue weighted by molar-refractivity contribution is -0.00242. The van der Waals surface area contributed by atoms with Crippen molar-refractivity contribution in [1.29, 1.82) is 10.8 Å². The molecule has 0 atom stereocenters. The highest BCUT2D eigenvalue weighted by atomic mass is 35.5. The normalized spacial score (nSPS) is 11.3. The fourth-order valence-electron chi connectivity index (χ4n) is 7.19. The fraction of sp³-hybridized carbons (Fsp3) is 0.714. The molecule has 6 N–H and O–H groups in total. The number of amidine groups is 2. The first kappa shape index (κ1) is 56.2. The monoisotopic (exact) mass is 865 g/mol. The second kappa shape index (κ2) is 38.1. The van der Waals surface area contributed by atoms with Gasteiger partial charge in [0.2, 0.25) is 6.29 Å². The molecule has 0 saturated heterocycles. The van der Waals surface area contributed by atoms with Gasteiger partial charge in [-0.1, -0.05) is 181 Å². The van der Waals surface area contributed by atoms with Gasteiger partial charge in [0, 0.05) is 29.7 Å². The van der Waals surface area contributed by atoms with Gasteiger partial charge in [0.05, 0.1) is 13.2 Å². The van der Waals surface area contributed by atoms with Crippen LogP contribution in [0.3, 0.4) is 0 Å². The Balaban J connectivity index is 0.0000168. The number of ether oxygens (including phenoxy) is 4. The number of unbranched alkanes of at least 4 members (excludes halogenated alkanes) is 25. The van der Waals surface area contributed by atoms with Crippen molar-refractivity contribution in [2.45, 2.75) is 213 Å². The number of nitrogens with two attached hydrogens (primary N) is 2. The number of hydrogen-bond donors (Lipinski definition) is 4. The van der Waals surface area contributed by atoms with Crippen molar-refractivity contribution in [3.63, 3.8) is 0 Å². The number of nitrogen functional groups attached to an aromatic ring is 2. The van der Waals surface area contributed by atoms with E-state index in [1.165, 1.54) is 141 Å². The molecule has 0 radical (unpaired) electrons. The van der Waals surface area contributed by atoms with Crippen LogP contribution in [0, 0.1) is 10.8 Å². The van der Waals surface area contributed by atoms with Crippen molar-refractivity contribution in [3.05, 3.63) is 47.5 Å². The van der Waals surface area contributed by atoms with E-state index in [4.69, 9.17) is 41.2 Å². The highest BCUT2D eigenvalue weighted by Gasteiger charge is 2.17. The van der Waals surface area contributed by atoms with Crippen LogP contribution in [0.1, 0.15) is 218 Å². The third kappa shape index (κ3) is 29.1. The SMILES string of the molecule is CCCCCCCCCCCCCCCOc1cc(OC(CCCC)Oc2cc(OCCCCCCCCCCCCCCC)cc(C(=N)N)c2)cc(C(=N)N)c1.Cl.Cl. The summed E-state index contributed by atoms with van der Waals surface area (Å²) in [6.07, 6.45) is 35.8. The summed E-state index contributed by atoms with van der Waals surface area (Å²) in [6, 6.07) is 10.8. The standard InChI is InChI=1S/C49H84N4O4.2ClH/c1-4-7-10-12-14-16-18-20-22-24-26-28-30-33-54-43-35-41(48(50)51)37-45(39-43)56-47(32-9-6-3)57-46-38-42(49(52)53)36-44(40-46)55-34-31-29-27-25-23-21-19-17-15-13-11-8-5-2;;/h35-40,47H,4-34H2,1-3H3,(H3,50,51)(H3,52,53);2*1H. The number of benzene rings is 2. The maximum absolute atomic E-state index is 8.12. The van der Waals surface area contributed by atoms with Crippen LogP contribution in [0.2, 0.25) is 0 Å². The highest BCUT2D eigenvalue weighted by molar-refractivity contribution is 5.96. The van der Waals surface area contributed by atoms with E-state index in [0.717, 1.165) is 38.5 Å². The molecule has 2 rings (SSSR count). The van der Waals surface area contributed by atoms with Crippen LogP contribution in [0.4, 0.5) is 0 Å². The number of hydrogen-bond acceptors (Lipinski definition) is 6. The second-order valence-electron chi connectivity index (χ2n) is 16.2. The van der Waals surface area contributed by atoms with Gasteiger partial charge in [0.15, 0.2) is 0 Å². The lowest BCUT2D eigenvalue weighted by atomic mass is 10.0. The molecular formula is C49H86Cl2N4O4. The van der Waals surface area contributed by atoms with Gasteiger partial charge in [-0.2, -0.15) is 0 Å². The van der Waals surface area contributed by atoms with Gasteiger partial charge in [-0.25, -0.2) is 0 Å². The van der Waals surface area contributed by atoms with E-state index in [9.17, 15) is 0 Å². The minimum Gasteiger partial charge on any atom is -0.493 e. The van der Waals surface area contributed by atoms with E-state index < -0.39 is 6.29 Å². The van der Waals surface area contributed by atoms with Gasteiger partial charge in [0.25, 0.3) is 0 Å². The van der Waals surface area contributed by atoms with E-state index in [2.05, 4.69) is 20.8 Å². The molecule has 0 aliphatic rings. The second-order valence-corrected chi connectivity index (χ2v) is 16.2. The Morgan fingerprint density at radius 3 is 0.966 bits per heavy atom. The summed E-state index contributed by atoms with van der Waals surface area (Å²) in [7, 11) is 0. The average Bonchev–Trinajstić information content (AvgIpc) is 3.20. The molecule has 0 bridgehead atoms. The molecule has 2 aromatic rings. The molecule has 0 aliphatic carbocycles. The third-order valence-corrected chi connectivity index (χ3v) is 10.7. The van der Waals surface area contributed by atoms with Crippen molar-refractivity contribution >= 4 is 36.5 Å². The average molecular weight is 866 g/mol. The van der Waals surface area contributed by atoms with Crippen molar-refractivity contribution in [3.8, 4) is 23.0 Å². The predicted molar refractivity (Wildman–Crippen MR) is 256 cm³/mol. The Hall–Kier alpha value is -2.84. The molecule has 0 spiro atoms. The Morgan fingerprint density at radius 2 is 0.678 bits per heavy atom. The molecule has 0 amide bonds. The summed E-state index contributed by atoms with van der Waals surface area (Å²) < 4.78 is 25.1. The molecular weight excluding hydrogens is 779 g/mol. The number of halogens is 2. The van der Waals surface area contributed by atoms with E-state index in [-0.39, 0.29) is 36.5 Å². The van der Waals surface area contributed by atoms with Crippen molar-refractivity contribution in [2.75, 3.05) is 13.2 Å². The molecule has 10 heteroatoms. The Morgan fingerprint density at radius 1 is 0.407 bits per heavy atom. The molecule has 8 nitrogen and oxygen atoms in total. The first-order valence-corrected chi connectivity index (χ1v) is 23.4. The van der Waals surface area contributed by atoms with Gasteiger partial charge in [-0.15, -0.1) is 24.8 Å². The molecule has 340 valence electrons. The predicted octanol–water partition coefficient (Wildman–Crippen LogP) is 15.0. The van der Waals surface area contributed by atoms with Gasteiger partial charge in [-0.3, -0.25) is 10.8 Å². The lowest BCUT2D eigenvalue weighted by Gasteiger charge is -2.22. The largest absolute Gasteiger partial charge is 0.493 e. The minimum atomic E-state index is -0.614. The smallest absolute Gasteiger partial charge is 0.241 e. The third-order valence-electron chi connectivity index (χ3n) is 10.7. The van der Waals surface area contributed by atoms with Crippen LogP contribution in [-0.2, 0) is 0 Å². The van der Waals surface area contributed by atoms with E-state index in [1.807, 2.05) is 12.1 Å².